The van der Waals surface area contributed by atoms with E-state index in [0.29, 0.717) is 22.5 Å². The Morgan fingerprint density at radius 2 is 1.68 bits per heavy atom. The van der Waals surface area contributed by atoms with Crippen molar-refractivity contribution in [1.82, 2.24) is 19.6 Å². The second kappa shape index (κ2) is 11.5. The number of benzene rings is 1. The lowest BCUT2D eigenvalue weighted by Gasteiger charge is -2.33. The molecule has 0 saturated carbocycles. The molecule has 1 aromatic carbocycles. The lowest BCUT2D eigenvalue weighted by Crippen LogP contribution is -2.48. The molecule has 2 aromatic rings. The van der Waals surface area contributed by atoms with E-state index in [9.17, 15) is 4.79 Å². The van der Waals surface area contributed by atoms with Gasteiger partial charge in [0, 0.05) is 51.9 Å². The van der Waals surface area contributed by atoms with E-state index < -0.39 is 11.9 Å². The van der Waals surface area contributed by atoms with Crippen LogP contribution in [-0.2, 0) is 14.4 Å². The minimum absolute atomic E-state index is 0.142. The van der Waals surface area contributed by atoms with Gasteiger partial charge in [-0.3, -0.25) is 9.69 Å². The fraction of sp³-hybridized carbons (Fsp3) is 0.368. The van der Waals surface area contributed by atoms with Crippen molar-refractivity contribution in [2.75, 3.05) is 39.3 Å². The molecule has 1 fully saturated rings. The number of aromatic nitrogens is 2. The van der Waals surface area contributed by atoms with Crippen molar-refractivity contribution in [2.45, 2.75) is 6.92 Å². The second-order valence-corrected chi connectivity index (χ2v) is 7.32. The lowest BCUT2D eigenvalue weighted by molar-refractivity contribution is -0.159. The molecule has 1 aliphatic rings. The average Bonchev–Trinajstić information content (AvgIpc) is 3.20. The lowest BCUT2D eigenvalue weighted by atomic mass is 10.3. The number of ether oxygens (including phenoxy) is 1. The maximum absolute atomic E-state index is 11.3. The molecule has 10 nitrogen and oxygen atoms in total. The summed E-state index contributed by atoms with van der Waals surface area (Å²) in [5.74, 6) is -2.94. The maximum Gasteiger partial charge on any atom is 0.414 e. The Balaban J connectivity index is 0.000000501. The molecule has 3 rings (SSSR count). The number of carboxylic acid groups (broad SMARTS) is 2. The highest BCUT2D eigenvalue weighted by Crippen LogP contribution is 2.24. The topological polar surface area (TPSA) is 125 Å². The summed E-state index contributed by atoms with van der Waals surface area (Å²) in [6, 6.07) is 7.16. The van der Waals surface area contributed by atoms with Crippen LogP contribution in [-0.4, -0.2) is 87.0 Å². The summed E-state index contributed by atoms with van der Waals surface area (Å²) < 4.78 is 7.42. The van der Waals surface area contributed by atoms with Gasteiger partial charge in [0.1, 0.15) is 6.61 Å². The van der Waals surface area contributed by atoms with Crippen LogP contribution in [0, 0.1) is 0 Å². The first-order valence-electron chi connectivity index (χ1n) is 9.25. The molecule has 0 unspecified atom stereocenters. The highest BCUT2D eigenvalue weighted by molar-refractivity contribution is 6.42. The summed E-state index contributed by atoms with van der Waals surface area (Å²) in [4.78, 5) is 33.7. The number of carboxylic acids is 2. The Morgan fingerprint density at radius 3 is 2.23 bits per heavy atom. The van der Waals surface area contributed by atoms with E-state index in [-0.39, 0.29) is 5.91 Å². The zero-order valence-electron chi connectivity index (χ0n) is 16.7. The molecule has 1 amide bonds. The molecule has 12 heteroatoms. The van der Waals surface area contributed by atoms with Gasteiger partial charge in [-0.25, -0.2) is 14.3 Å². The zero-order chi connectivity index (χ0) is 23.0. The largest absolute Gasteiger partial charge is 0.475 e. The van der Waals surface area contributed by atoms with E-state index in [1.54, 1.807) is 23.7 Å². The van der Waals surface area contributed by atoms with Crippen LogP contribution in [0.5, 0.6) is 5.88 Å². The molecule has 0 aliphatic carbocycles. The van der Waals surface area contributed by atoms with Gasteiger partial charge in [0.2, 0.25) is 11.8 Å². The fourth-order valence-electron chi connectivity index (χ4n) is 2.72. The molecular formula is C19H22Cl2N4O6. The summed E-state index contributed by atoms with van der Waals surface area (Å²) in [7, 11) is 0. The summed E-state index contributed by atoms with van der Waals surface area (Å²) in [6.07, 6.45) is 1.82. The molecule has 1 aromatic heterocycles. The Hall–Kier alpha value is -2.82. The number of amides is 1. The number of hydrogen-bond donors (Lipinski definition) is 2. The summed E-state index contributed by atoms with van der Waals surface area (Å²) in [6.45, 7) is 6.29. The standard InChI is InChI=1S/C17H20Cl2N4O2.C2H2O4/c1-13(24)22-8-6-21(7-9-22)10-11-25-17-4-5-23(20-17)14-2-3-15(18)16(19)12-14;3-1(4)2(5)6/h2-5,12H,6-11H2,1H3;(H,3,4)(H,5,6). The molecule has 0 atom stereocenters. The van der Waals surface area contributed by atoms with Crippen LogP contribution in [0.1, 0.15) is 6.92 Å². The molecule has 1 saturated heterocycles. The predicted molar refractivity (Wildman–Crippen MR) is 113 cm³/mol. The Morgan fingerprint density at radius 1 is 1.03 bits per heavy atom. The van der Waals surface area contributed by atoms with Gasteiger partial charge < -0.3 is 19.8 Å². The predicted octanol–water partition coefficient (Wildman–Crippen LogP) is 1.88. The first kappa shape index (κ1) is 24.4. The molecule has 168 valence electrons. The molecule has 0 spiro atoms. The van der Waals surface area contributed by atoms with E-state index >= 15 is 0 Å². The Bertz CT molecular complexity index is 916. The minimum Gasteiger partial charge on any atom is -0.475 e. The Kier molecular flexibility index (Phi) is 9.10. The third-order valence-electron chi connectivity index (χ3n) is 4.39. The number of aliphatic carboxylic acids is 2. The number of piperazine rings is 1. The molecule has 31 heavy (non-hydrogen) atoms. The van der Waals surface area contributed by atoms with E-state index in [1.165, 1.54) is 0 Å². The molecule has 0 bridgehead atoms. The number of halogens is 2. The summed E-state index contributed by atoms with van der Waals surface area (Å²) in [5.41, 5.74) is 0.824. The molecule has 1 aliphatic heterocycles. The number of nitrogens with zero attached hydrogens (tertiary/aromatic N) is 4. The molecule has 0 radical (unpaired) electrons. The number of hydrogen-bond acceptors (Lipinski definition) is 6. The normalized spacial score (nSPS) is 13.8. The van der Waals surface area contributed by atoms with E-state index in [2.05, 4.69) is 10.00 Å². The van der Waals surface area contributed by atoms with Crippen LogP contribution in [0.15, 0.2) is 30.5 Å². The van der Waals surface area contributed by atoms with Gasteiger partial charge in [0.25, 0.3) is 0 Å². The van der Waals surface area contributed by atoms with Gasteiger partial charge in [0.15, 0.2) is 0 Å². The van der Waals surface area contributed by atoms with Crippen molar-refractivity contribution in [3.8, 4) is 11.6 Å². The molecule has 2 N–H and O–H groups in total. The van der Waals surface area contributed by atoms with Crippen molar-refractivity contribution < 1.29 is 29.3 Å². The van der Waals surface area contributed by atoms with E-state index in [1.807, 2.05) is 23.2 Å². The van der Waals surface area contributed by atoms with Gasteiger partial charge >= 0.3 is 11.9 Å². The monoisotopic (exact) mass is 472 g/mol. The third kappa shape index (κ3) is 7.74. The van der Waals surface area contributed by atoms with Crippen molar-refractivity contribution in [3.05, 3.63) is 40.5 Å². The quantitative estimate of drug-likeness (QED) is 0.631. The second-order valence-electron chi connectivity index (χ2n) is 6.50. The third-order valence-corrected chi connectivity index (χ3v) is 5.13. The highest BCUT2D eigenvalue weighted by atomic mass is 35.5. The zero-order valence-corrected chi connectivity index (χ0v) is 18.2. The maximum atomic E-state index is 11.3. The minimum atomic E-state index is -1.82. The molecule has 2 heterocycles. The smallest absolute Gasteiger partial charge is 0.414 e. The van der Waals surface area contributed by atoms with Crippen LogP contribution in [0.3, 0.4) is 0 Å². The summed E-state index contributed by atoms with van der Waals surface area (Å²) in [5, 5.41) is 20.2. The first-order chi connectivity index (χ1) is 14.7. The van der Waals surface area contributed by atoms with Gasteiger partial charge in [-0.15, -0.1) is 5.10 Å². The van der Waals surface area contributed by atoms with Crippen LogP contribution in [0.25, 0.3) is 5.69 Å². The van der Waals surface area contributed by atoms with Gasteiger partial charge in [0.05, 0.1) is 15.7 Å². The van der Waals surface area contributed by atoms with Gasteiger partial charge in [-0.05, 0) is 18.2 Å². The highest BCUT2D eigenvalue weighted by Gasteiger charge is 2.18. The van der Waals surface area contributed by atoms with E-state index in [4.69, 9.17) is 47.7 Å². The van der Waals surface area contributed by atoms with Crippen LogP contribution in [0.2, 0.25) is 10.0 Å². The number of carbonyl (C=O) groups is 3. The van der Waals surface area contributed by atoms with E-state index in [0.717, 1.165) is 38.4 Å². The first-order valence-corrected chi connectivity index (χ1v) is 10.0. The molecular weight excluding hydrogens is 451 g/mol. The fourth-order valence-corrected chi connectivity index (χ4v) is 3.01. The van der Waals surface area contributed by atoms with Crippen molar-refractivity contribution in [2.24, 2.45) is 0 Å². The number of carbonyl (C=O) groups excluding carboxylic acids is 1. The number of rotatable bonds is 5. The van der Waals surface area contributed by atoms with Crippen molar-refractivity contribution in [3.63, 3.8) is 0 Å². The Labute approximate surface area is 188 Å². The van der Waals surface area contributed by atoms with Crippen LogP contribution >= 0.6 is 23.2 Å². The van der Waals surface area contributed by atoms with Crippen LogP contribution in [0.4, 0.5) is 0 Å². The summed E-state index contributed by atoms with van der Waals surface area (Å²) >= 11 is 12.0. The van der Waals surface area contributed by atoms with Crippen molar-refractivity contribution >= 4 is 41.0 Å². The van der Waals surface area contributed by atoms with Crippen LogP contribution < -0.4 is 4.74 Å². The van der Waals surface area contributed by atoms with Crippen molar-refractivity contribution in [1.29, 1.82) is 0 Å². The SMILES string of the molecule is CC(=O)N1CCN(CCOc2ccn(-c3ccc(Cl)c(Cl)c3)n2)CC1.O=C(O)C(=O)O. The van der Waals surface area contributed by atoms with Gasteiger partial charge in [-0.2, -0.15) is 0 Å². The average molecular weight is 473 g/mol. The van der Waals surface area contributed by atoms with Gasteiger partial charge in [-0.1, -0.05) is 23.2 Å².